The van der Waals surface area contributed by atoms with E-state index in [0.29, 0.717) is 11.1 Å². The van der Waals surface area contributed by atoms with Gasteiger partial charge in [-0.05, 0) is 38.1 Å². The molecule has 0 radical (unpaired) electrons. The molecule has 3 aromatic rings. The van der Waals surface area contributed by atoms with Crippen LogP contribution in [0.5, 0.6) is 0 Å². The summed E-state index contributed by atoms with van der Waals surface area (Å²) in [4.78, 5) is 23.7. The number of hydrogen-bond acceptors (Lipinski definition) is 5. The Hall–Kier alpha value is -2.41. The normalized spacial score (nSPS) is 11.0. The highest BCUT2D eigenvalue weighted by Gasteiger charge is 2.11. The Morgan fingerprint density at radius 2 is 2.08 bits per heavy atom. The first-order valence-corrected chi connectivity index (χ1v) is 8.10. The van der Waals surface area contributed by atoms with Crippen LogP contribution in [0, 0.1) is 13.8 Å². The lowest BCUT2D eigenvalue weighted by Gasteiger charge is -2.08. The summed E-state index contributed by atoms with van der Waals surface area (Å²) >= 11 is 3.33. The van der Waals surface area contributed by atoms with Gasteiger partial charge in [-0.1, -0.05) is 15.9 Å². The predicted molar refractivity (Wildman–Crippen MR) is 91.7 cm³/mol. The number of carbonyl (C=O) groups is 1. The second kappa shape index (κ2) is 6.60. The third-order valence-corrected chi connectivity index (χ3v) is 4.06. The molecule has 0 aliphatic rings. The van der Waals surface area contributed by atoms with Crippen molar-refractivity contribution in [2.24, 2.45) is 0 Å². The van der Waals surface area contributed by atoms with Gasteiger partial charge >= 0.3 is 11.6 Å². The van der Waals surface area contributed by atoms with Gasteiger partial charge in [0.25, 0.3) is 0 Å². The van der Waals surface area contributed by atoms with Crippen LogP contribution in [0.2, 0.25) is 0 Å². The van der Waals surface area contributed by atoms with Gasteiger partial charge in [-0.3, -0.25) is 9.48 Å². The van der Waals surface area contributed by atoms with Crippen LogP contribution >= 0.6 is 15.9 Å². The van der Waals surface area contributed by atoms with E-state index >= 15 is 0 Å². The first-order valence-electron chi connectivity index (χ1n) is 7.31. The van der Waals surface area contributed by atoms with Gasteiger partial charge in [0, 0.05) is 27.2 Å². The summed E-state index contributed by atoms with van der Waals surface area (Å²) in [7, 11) is 0. The van der Waals surface area contributed by atoms with Crippen LogP contribution in [0.4, 0.5) is 0 Å². The maximum atomic E-state index is 12.0. The van der Waals surface area contributed by atoms with Crippen molar-refractivity contribution >= 4 is 32.9 Å². The molecule has 0 unspecified atom stereocenters. The molecule has 1 aromatic carbocycles. The molecule has 0 fully saturated rings. The first-order chi connectivity index (χ1) is 11.4. The Morgan fingerprint density at radius 1 is 1.29 bits per heavy atom. The fraction of sp³-hybridized carbons (Fsp3) is 0.235. The van der Waals surface area contributed by atoms with Crippen LogP contribution in [-0.4, -0.2) is 15.7 Å². The molecule has 0 aliphatic carbocycles. The average Bonchev–Trinajstić information content (AvgIpc) is 2.81. The number of halogens is 1. The van der Waals surface area contributed by atoms with Gasteiger partial charge in [-0.15, -0.1) is 0 Å². The summed E-state index contributed by atoms with van der Waals surface area (Å²) in [6.07, 6.45) is 0. The smallest absolute Gasteiger partial charge is 0.336 e. The van der Waals surface area contributed by atoms with Crippen LogP contribution in [0.15, 0.2) is 44.0 Å². The Balaban J connectivity index is 1.77. The molecule has 24 heavy (non-hydrogen) atoms. The Bertz CT molecular complexity index is 974. The minimum Gasteiger partial charge on any atom is -0.459 e. The summed E-state index contributed by atoms with van der Waals surface area (Å²) in [6, 6.07) is 8.59. The zero-order chi connectivity index (χ0) is 17.3. The van der Waals surface area contributed by atoms with Gasteiger partial charge in [0.05, 0.1) is 5.69 Å². The summed E-state index contributed by atoms with van der Waals surface area (Å²) in [5, 5.41) is 4.96. The molecule has 0 spiro atoms. The van der Waals surface area contributed by atoms with E-state index in [4.69, 9.17) is 9.15 Å². The molecule has 7 heteroatoms. The standard InChI is InChI=1S/C17H15BrN2O4/c1-10-5-11(2)20(19-10)8-17(22)23-9-12-6-16(21)24-15-7-13(18)3-4-14(12)15/h3-7H,8-9H2,1-2H3. The van der Waals surface area contributed by atoms with E-state index in [1.165, 1.54) is 6.07 Å². The zero-order valence-electron chi connectivity index (χ0n) is 13.2. The second-order valence-electron chi connectivity index (χ2n) is 5.48. The maximum absolute atomic E-state index is 12.0. The summed E-state index contributed by atoms with van der Waals surface area (Å²) < 4.78 is 12.9. The van der Waals surface area contributed by atoms with Crippen LogP contribution in [0.3, 0.4) is 0 Å². The number of fused-ring (bicyclic) bond motifs is 1. The van der Waals surface area contributed by atoms with Crippen LogP contribution in [0.25, 0.3) is 11.0 Å². The van der Waals surface area contributed by atoms with Crippen molar-refractivity contribution < 1.29 is 13.9 Å². The minimum atomic E-state index is -0.481. The molecule has 2 aromatic heterocycles. The Labute approximate surface area is 146 Å². The van der Waals surface area contributed by atoms with E-state index in [2.05, 4.69) is 21.0 Å². The minimum absolute atomic E-state index is 0.00185. The fourth-order valence-corrected chi connectivity index (χ4v) is 2.82. The molecular formula is C17H15BrN2O4. The fourth-order valence-electron chi connectivity index (χ4n) is 2.48. The number of aromatic nitrogens is 2. The van der Waals surface area contributed by atoms with E-state index in [0.717, 1.165) is 21.2 Å². The monoisotopic (exact) mass is 390 g/mol. The number of ether oxygens (including phenoxy) is 1. The molecule has 0 atom stereocenters. The van der Waals surface area contributed by atoms with E-state index in [1.54, 1.807) is 10.7 Å². The highest BCUT2D eigenvalue weighted by Crippen LogP contribution is 2.22. The molecular weight excluding hydrogens is 376 g/mol. The molecule has 3 rings (SSSR count). The lowest BCUT2D eigenvalue weighted by atomic mass is 10.1. The predicted octanol–water partition coefficient (Wildman–Crippen LogP) is 3.11. The second-order valence-corrected chi connectivity index (χ2v) is 6.39. The third kappa shape index (κ3) is 3.56. The molecule has 0 bridgehead atoms. The molecule has 6 nitrogen and oxygen atoms in total. The van der Waals surface area contributed by atoms with Crippen molar-refractivity contribution in [2.45, 2.75) is 27.0 Å². The highest BCUT2D eigenvalue weighted by molar-refractivity contribution is 9.10. The SMILES string of the molecule is Cc1cc(C)n(CC(=O)OCc2cc(=O)oc3cc(Br)ccc23)n1. The first kappa shape index (κ1) is 16.4. The molecule has 2 heterocycles. The summed E-state index contributed by atoms with van der Waals surface area (Å²) in [6.45, 7) is 3.77. The van der Waals surface area contributed by atoms with Crippen molar-refractivity contribution in [2.75, 3.05) is 0 Å². The summed E-state index contributed by atoms with van der Waals surface area (Å²) in [5.74, 6) is -0.417. The summed E-state index contributed by atoms with van der Waals surface area (Å²) in [5.41, 5.74) is 2.31. The molecule has 124 valence electrons. The third-order valence-electron chi connectivity index (χ3n) is 3.56. The van der Waals surface area contributed by atoms with Crippen LogP contribution in [-0.2, 0) is 22.7 Å². The van der Waals surface area contributed by atoms with Crippen molar-refractivity contribution in [1.29, 1.82) is 0 Å². The molecule has 0 saturated heterocycles. The average molecular weight is 391 g/mol. The number of hydrogen-bond donors (Lipinski definition) is 0. The topological polar surface area (TPSA) is 74.3 Å². The van der Waals surface area contributed by atoms with Crippen molar-refractivity contribution in [3.8, 4) is 0 Å². The molecule has 0 amide bonds. The van der Waals surface area contributed by atoms with E-state index in [-0.39, 0.29) is 13.2 Å². The van der Waals surface area contributed by atoms with Gasteiger partial charge in [0.15, 0.2) is 0 Å². The van der Waals surface area contributed by atoms with Crippen LogP contribution < -0.4 is 5.63 Å². The van der Waals surface area contributed by atoms with Gasteiger partial charge < -0.3 is 9.15 Å². The number of nitrogens with zero attached hydrogens (tertiary/aromatic N) is 2. The highest BCUT2D eigenvalue weighted by atomic mass is 79.9. The Morgan fingerprint density at radius 3 is 2.79 bits per heavy atom. The van der Waals surface area contributed by atoms with Gasteiger partial charge in [0.2, 0.25) is 0 Å². The largest absolute Gasteiger partial charge is 0.459 e. The van der Waals surface area contributed by atoms with Gasteiger partial charge in [-0.2, -0.15) is 5.10 Å². The van der Waals surface area contributed by atoms with Crippen molar-refractivity contribution in [1.82, 2.24) is 9.78 Å². The van der Waals surface area contributed by atoms with Crippen molar-refractivity contribution in [3.63, 3.8) is 0 Å². The number of aryl methyl sites for hydroxylation is 2. The maximum Gasteiger partial charge on any atom is 0.336 e. The molecule has 0 saturated carbocycles. The van der Waals surface area contributed by atoms with Crippen LogP contribution in [0.1, 0.15) is 17.0 Å². The van der Waals surface area contributed by atoms with Crippen molar-refractivity contribution in [3.05, 3.63) is 62.2 Å². The van der Waals surface area contributed by atoms with E-state index < -0.39 is 11.6 Å². The van der Waals surface area contributed by atoms with E-state index in [9.17, 15) is 9.59 Å². The molecule has 0 aliphatic heterocycles. The quantitative estimate of drug-likeness (QED) is 0.505. The zero-order valence-corrected chi connectivity index (χ0v) is 14.8. The number of carbonyl (C=O) groups excluding carboxylic acids is 1. The number of esters is 1. The van der Waals surface area contributed by atoms with Gasteiger partial charge in [-0.25, -0.2) is 4.79 Å². The molecule has 0 N–H and O–H groups in total. The lowest BCUT2D eigenvalue weighted by molar-refractivity contribution is -0.145. The number of rotatable bonds is 4. The van der Waals surface area contributed by atoms with E-state index in [1.807, 2.05) is 32.0 Å². The Kier molecular flexibility index (Phi) is 4.53. The lowest BCUT2D eigenvalue weighted by Crippen LogP contribution is -2.16. The number of benzene rings is 1. The van der Waals surface area contributed by atoms with Gasteiger partial charge in [0.1, 0.15) is 18.7 Å².